The van der Waals surface area contributed by atoms with Crippen LogP contribution < -0.4 is 9.64 Å². The monoisotopic (exact) mass is 505 g/mol. The number of nitrogens with zero attached hydrogens (tertiary/aromatic N) is 1. The minimum absolute atomic E-state index is 0.0229. The summed E-state index contributed by atoms with van der Waals surface area (Å²) in [6.45, 7) is 8.47. The molecular formula is C29H28ClNO5. The van der Waals surface area contributed by atoms with Gasteiger partial charge in [0.25, 0.3) is 11.7 Å². The fourth-order valence-corrected chi connectivity index (χ4v) is 4.54. The van der Waals surface area contributed by atoms with Gasteiger partial charge in [-0.25, -0.2) is 0 Å². The van der Waals surface area contributed by atoms with E-state index >= 15 is 0 Å². The van der Waals surface area contributed by atoms with E-state index in [0.717, 1.165) is 5.56 Å². The number of ether oxygens (including phenoxy) is 1. The lowest BCUT2D eigenvalue weighted by molar-refractivity contribution is -0.132. The maximum atomic E-state index is 13.4. The van der Waals surface area contributed by atoms with Gasteiger partial charge in [-0.1, -0.05) is 44.5 Å². The lowest BCUT2D eigenvalue weighted by Gasteiger charge is -2.26. The number of aliphatic hydroxyl groups is 1. The molecule has 0 aliphatic carbocycles. The summed E-state index contributed by atoms with van der Waals surface area (Å²) in [6.07, 6.45) is 0. The van der Waals surface area contributed by atoms with E-state index in [-0.39, 0.29) is 22.5 Å². The number of hydrogen-bond acceptors (Lipinski definition) is 5. The van der Waals surface area contributed by atoms with Gasteiger partial charge in [-0.05, 0) is 72.5 Å². The number of rotatable bonds is 5. The van der Waals surface area contributed by atoms with Crippen molar-refractivity contribution in [3.63, 3.8) is 0 Å². The average molecular weight is 506 g/mol. The summed E-state index contributed by atoms with van der Waals surface area (Å²) in [7, 11) is 0. The Kier molecular flexibility index (Phi) is 6.83. The van der Waals surface area contributed by atoms with Crippen LogP contribution in [0.4, 0.5) is 5.69 Å². The van der Waals surface area contributed by atoms with Crippen molar-refractivity contribution in [2.45, 2.75) is 39.2 Å². The molecule has 3 aromatic carbocycles. The second-order valence-corrected chi connectivity index (χ2v) is 10.1. The molecular weight excluding hydrogens is 478 g/mol. The standard InChI is InChI=1S/C29H28ClNO5/c1-5-36-23-14-9-18(16-22(23)29(2,3)4)26(33)24-25(17-7-6-8-21(32)15-17)31(28(35)27(24)34)20-12-10-19(30)11-13-20/h6-16,25,32-33H,5H2,1-4H3/b26-24-. The lowest BCUT2D eigenvalue weighted by atomic mass is 9.84. The Morgan fingerprint density at radius 3 is 2.33 bits per heavy atom. The molecule has 0 aromatic heterocycles. The Labute approximate surface area is 215 Å². The molecule has 1 aliphatic rings. The van der Waals surface area contributed by atoms with Crippen LogP contribution in [0.3, 0.4) is 0 Å². The normalized spacial score (nSPS) is 17.5. The Morgan fingerprint density at radius 2 is 1.72 bits per heavy atom. The van der Waals surface area contributed by atoms with Gasteiger partial charge in [0.05, 0.1) is 18.2 Å². The number of ketones is 1. The molecule has 36 heavy (non-hydrogen) atoms. The second-order valence-electron chi connectivity index (χ2n) is 9.63. The number of amides is 1. The number of carbonyl (C=O) groups excluding carboxylic acids is 2. The molecule has 0 saturated carbocycles. The minimum atomic E-state index is -0.956. The van der Waals surface area contributed by atoms with Crippen LogP contribution in [-0.2, 0) is 15.0 Å². The number of aromatic hydroxyl groups is 1. The van der Waals surface area contributed by atoms with Crippen molar-refractivity contribution < 1.29 is 24.5 Å². The molecule has 1 fully saturated rings. The van der Waals surface area contributed by atoms with E-state index in [2.05, 4.69) is 0 Å². The molecule has 7 heteroatoms. The number of Topliss-reactive ketones (excluding diaryl/α,β-unsaturated/α-hetero) is 1. The van der Waals surface area contributed by atoms with Crippen LogP contribution in [-0.4, -0.2) is 28.5 Å². The van der Waals surface area contributed by atoms with Gasteiger partial charge in [0.1, 0.15) is 17.3 Å². The SMILES string of the molecule is CCOc1ccc(/C(O)=C2/C(=O)C(=O)N(c3ccc(Cl)cc3)C2c2cccc(O)c2)cc1C(C)(C)C. The third-order valence-electron chi connectivity index (χ3n) is 6.10. The van der Waals surface area contributed by atoms with Gasteiger partial charge in [-0.3, -0.25) is 14.5 Å². The number of benzene rings is 3. The highest BCUT2D eigenvalue weighted by Crippen LogP contribution is 2.43. The maximum Gasteiger partial charge on any atom is 0.300 e. The zero-order valence-electron chi connectivity index (χ0n) is 20.6. The molecule has 1 heterocycles. The van der Waals surface area contributed by atoms with Crippen molar-refractivity contribution in [1.82, 2.24) is 0 Å². The van der Waals surface area contributed by atoms with Crippen molar-refractivity contribution in [2.24, 2.45) is 0 Å². The number of phenolic OH excluding ortho intramolecular Hbond substituents is 1. The van der Waals surface area contributed by atoms with Gasteiger partial charge in [0, 0.05) is 21.8 Å². The van der Waals surface area contributed by atoms with E-state index in [1.807, 2.05) is 27.7 Å². The molecule has 1 amide bonds. The Hall–Kier alpha value is -3.77. The molecule has 2 N–H and O–H groups in total. The number of hydrogen-bond donors (Lipinski definition) is 2. The fraction of sp³-hybridized carbons (Fsp3) is 0.241. The van der Waals surface area contributed by atoms with Crippen LogP contribution in [0.2, 0.25) is 5.02 Å². The Morgan fingerprint density at radius 1 is 1.03 bits per heavy atom. The molecule has 0 radical (unpaired) electrons. The summed E-state index contributed by atoms with van der Waals surface area (Å²) < 4.78 is 5.78. The van der Waals surface area contributed by atoms with Crippen molar-refractivity contribution in [3.8, 4) is 11.5 Å². The fourth-order valence-electron chi connectivity index (χ4n) is 4.41. The quantitative estimate of drug-likeness (QED) is 0.239. The van der Waals surface area contributed by atoms with E-state index in [1.54, 1.807) is 54.6 Å². The number of halogens is 1. The first-order chi connectivity index (χ1) is 17.0. The van der Waals surface area contributed by atoms with E-state index in [1.165, 1.54) is 17.0 Å². The van der Waals surface area contributed by atoms with Gasteiger partial charge in [0.2, 0.25) is 0 Å². The van der Waals surface area contributed by atoms with Gasteiger partial charge in [0.15, 0.2) is 0 Å². The zero-order valence-corrected chi connectivity index (χ0v) is 21.3. The predicted molar refractivity (Wildman–Crippen MR) is 141 cm³/mol. The lowest BCUT2D eigenvalue weighted by Crippen LogP contribution is -2.29. The van der Waals surface area contributed by atoms with Crippen LogP contribution >= 0.6 is 11.6 Å². The minimum Gasteiger partial charge on any atom is -0.508 e. The molecule has 3 aromatic rings. The topological polar surface area (TPSA) is 87.1 Å². The van der Waals surface area contributed by atoms with E-state index in [0.29, 0.717) is 34.2 Å². The first-order valence-corrected chi connectivity index (χ1v) is 12.0. The van der Waals surface area contributed by atoms with Crippen LogP contribution in [0.15, 0.2) is 72.3 Å². The third-order valence-corrected chi connectivity index (χ3v) is 6.35. The summed E-state index contributed by atoms with van der Waals surface area (Å²) >= 11 is 6.04. The van der Waals surface area contributed by atoms with Crippen molar-refractivity contribution >= 4 is 34.7 Å². The summed E-state index contributed by atoms with van der Waals surface area (Å²) in [4.78, 5) is 28.0. The summed E-state index contributed by atoms with van der Waals surface area (Å²) in [5.41, 5.74) is 1.80. The smallest absolute Gasteiger partial charge is 0.300 e. The van der Waals surface area contributed by atoms with Crippen LogP contribution in [0.5, 0.6) is 11.5 Å². The zero-order chi connectivity index (χ0) is 26.2. The average Bonchev–Trinajstić information content (AvgIpc) is 3.09. The number of anilines is 1. The van der Waals surface area contributed by atoms with E-state index < -0.39 is 17.7 Å². The van der Waals surface area contributed by atoms with Crippen LogP contribution in [0.1, 0.15) is 50.4 Å². The van der Waals surface area contributed by atoms with E-state index in [4.69, 9.17) is 16.3 Å². The molecule has 1 unspecified atom stereocenters. The molecule has 4 rings (SSSR count). The second kappa shape index (κ2) is 9.70. The van der Waals surface area contributed by atoms with Crippen LogP contribution in [0.25, 0.3) is 5.76 Å². The van der Waals surface area contributed by atoms with Gasteiger partial charge < -0.3 is 14.9 Å². The molecule has 0 bridgehead atoms. The molecule has 6 nitrogen and oxygen atoms in total. The van der Waals surface area contributed by atoms with Gasteiger partial charge >= 0.3 is 0 Å². The highest BCUT2D eigenvalue weighted by Gasteiger charge is 2.47. The molecule has 0 spiro atoms. The highest BCUT2D eigenvalue weighted by molar-refractivity contribution is 6.51. The molecule has 1 atom stereocenters. The highest BCUT2D eigenvalue weighted by atomic mass is 35.5. The van der Waals surface area contributed by atoms with Crippen molar-refractivity contribution in [2.75, 3.05) is 11.5 Å². The number of phenols is 1. The Balaban J connectivity index is 1.95. The summed E-state index contributed by atoms with van der Waals surface area (Å²) in [5.74, 6) is -1.24. The summed E-state index contributed by atoms with van der Waals surface area (Å²) in [5, 5.41) is 22.1. The predicted octanol–water partition coefficient (Wildman–Crippen LogP) is 6.37. The molecule has 186 valence electrons. The van der Waals surface area contributed by atoms with Gasteiger partial charge in [-0.15, -0.1) is 0 Å². The third kappa shape index (κ3) is 4.69. The first kappa shape index (κ1) is 25.3. The van der Waals surface area contributed by atoms with Crippen LogP contribution in [0, 0.1) is 0 Å². The largest absolute Gasteiger partial charge is 0.508 e. The first-order valence-electron chi connectivity index (χ1n) is 11.7. The van der Waals surface area contributed by atoms with Crippen molar-refractivity contribution in [3.05, 3.63) is 94.0 Å². The molecule has 1 saturated heterocycles. The van der Waals surface area contributed by atoms with E-state index in [9.17, 15) is 19.8 Å². The maximum absolute atomic E-state index is 13.4. The number of aliphatic hydroxyl groups excluding tert-OH is 1. The van der Waals surface area contributed by atoms with Crippen molar-refractivity contribution in [1.29, 1.82) is 0 Å². The number of carbonyl (C=O) groups is 2. The summed E-state index contributed by atoms with van der Waals surface area (Å²) in [6, 6.07) is 17.1. The Bertz CT molecular complexity index is 1350. The van der Waals surface area contributed by atoms with Gasteiger partial charge in [-0.2, -0.15) is 0 Å². The molecule has 1 aliphatic heterocycles.